The van der Waals surface area contributed by atoms with Crippen molar-refractivity contribution in [2.75, 3.05) is 14.1 Å². The van der Waals surface area contributed by atoms with Gasteiger partial charge in [0.1, 0.15) is 5.69 Å². The average molecular weight is 365 g/mol. The van der Waals surface area contributed by atoms with Crippen LogP contribution < -0.4 is 4.48 Å². The summed E-state index contributed by atoms with van der Waals surface area (Å²) < 4.78 is 0.672. The summed E-state index contributed by atoms with van der Waals surface area (Å²) in [7, 11) is 4.62. The van der Waals surface area contributed by atoms with Crippen molar-refractivity contribution in [3.05, 3.63) is 138 Å². The summed E-state index contributed by atoms with van der Waals surface area (Å²) in [5.41, 5.74) is 4.72. The summed E-state index contributed by atoms with van der Waals surface area (Å²) in [4.78, 5) is 0. The maximum atomic E-state index is 2.31. The Labute approximate surface area is 168 Å². The molecule has 4 aromatic carbocycles. The topological polar surface area (TPSA) is 0 Å². The molecule has 0 radical (unpaired) electrons. The van der Waals surface area contributed by atoms with Gasteiger partial charge in [-0.2, -0.15) is 0 Å². The lowest BCUT2D eigenvalue weighted by atomic mass is 9.74. The quantitative estimate of drug-likeness (QED) is 0.290. The van der Waals surface area contributed by atoms with Crippen molar-refractivity contribution in [3.8, 4) is 0 Å². The highest BCUT2D eigenvalue weighted by Gasteiger charge is 2.51. The van der Waals surface area contributed by atoms with Crippen LogP contribution in [0.5, 0.6) is 0 Å². The number of hydrogen-bond acceptors (Lipinski definition) is 0. The Hall–Kier alpha value is -3.16. The Morgan fingerprint density at radius 1 is 0.429 bits per heavy atom. The second kappa shape index (κ2) is 7.46. The van der Waals surface area contributed by atoms with Gasteiger partial charge in [-0.25, -0.2) is 0 Å². The van der Waals surface area contributed by atoms with E-state index in [9.17, 15) is 0 Å². The summed E-state index contributed by atoms with van der Waals surface area (Å²) >= 11 is 0. The van der Waals surface area contributed by atoms with E-state index < -0.39 is 0 Å². The first-order chi connectivity index (χ1) is 13.7. The van der Waals surface area contributed by atoms with E-state index in [0.29, 0.717) is 4.48 Å². The maximum Gasteiger partial charge on any atom is 0.180 e. The predicted octanol–water partition coefficient (Wildman–Crippen LogP) is 6.25. The average Bonchev–Trinajstić information content (AvgIpc) is 2.77. The molecule has 4 aromatic rings. The van der Waals surface area contributed by atoms with Gasteiger partial charge >= 0.3 is 0 Å². The van der Waals surface area contributed by atoms with Crippen LogP contribution >= 0.6 is 0 Å². The zero-order valence-corrected chi connectivity index (χ0v) is 16.5. The van der Waals surface area contributed by atoms with Crippen LogP contribution in [-0.2, 0) is 5.54 Å². The first-order valence-electron chi connectivity index (χ1n) is 9.73. The van der Waals surface area contributed by atoms with Gasteiger partial charge in [0.15, 0.2) is 5.54 Å². The van der Waals surface area contributed by atoms with Crippen LogP contribution in [0.4, 0.5) is 5.69 Å². The number of hydrogen-bond donors (Lipinski definition) is 0. The Bertz CT molecular complexity index is 910. The summed E-state index contributed by atoms with van der Waals surface area (Å²) in [6, 6.07) is 43.4. The van der Waals surface area contributed by atoms with Gasteiger partial charge in [0, 0.05) is 16.7 Å². The van der Waals surface area contributed by atoms with E-state index in [1.165, 1.54) is 22.4 Å². The van der Waals surface area contributed by atoms with Crippen molar-refractivity contribution in [1.29, 1.82) is 0 Å². The lowest BCUT2D eigenvalue weighted by molar-refractivity contribution is 0.246. The lowest BCUT2D eigenvalue weighted by Gasteiger charge is -2.49. The first-order valence-corrected chi connectivity index (χ1v) is 9.73. The van der Waals surface area contributed by atoms with Crippen LogP contribution in [0, 0.1) is 0 Å². The number of nitrogens with zero attached hydrogens (tertiary/aromatic N) is 1. The minimum Gasteiger partial charge on any atom is -0.280 e. The molecule has 138 valence electrons. The van der Waals surface area contributed by atoms with Crippen molar-refractivity contribution in [2.45, 2.75) is 5.54 Å². The number of rotatable bonds is 5. The second-order valence-corrected chi connectivity index (χ2v) is 7.60. The van der Waals surface area contributed by atoms with Crippen LogP contribution in [0.2, 0.25) is 0 Å². The molecular weight excluding hydrogens is 338 g/mol. The zero-order chi connectivity index (χ0) is 19.5. The molecule has 0 spiro atoms. The normalized spacial score (nSPS) is 11.9. The minimum absolute atomic E-state index is 0.384. The molecule has 28 heavy (non-hydrogen) atoms. The molecule has 0 aliphatic heterocycles. The molecule has 1 heteroatoms. The fourth-order valence-corrected chi connectivity index (χ4v) is 4.50. The standard InChI is InChI=1S/C27H26N/c1-28(2,26-21-13-6-14-22-26)27(23-15-7-3-8-16-23,24-17-9-4-10-18-24)25-19-11-5-12-20-25/h3-22H,1-2H3/q+1. The number of para-hydroxylation sites is 1. The van der Waals surface area contributed by atoms with Crippen molar-refractivity contribution in [1.82, 2.24) is 4.48 Å². The van der Waals surface area contributed by atoms with Crippen LogP contribution in [0.1, 0.15) is 16.7 Å². The monoisotopic (exact) mass is 364 g/mol. The molecule has 0 saturated heterocycles. The molecule has 0 saturated carbocycles. The van der Waals surface area contributed by atoms with Gasteiger partial charge in [0.05, 0.1) is 14.1 Å². The van der Waals surface area contributed by atoms with Crippen LogP contribution in [-0.4, -0.2) is 14.1 Å². The molecule has 0 N–H and O–H groups in total. The van der Waals surface area contributed by atoms with Crippen molar-refractivity contribution in [3.63, 3.8) is 0 Å². The van der Waals surface area contributed by atoms with Gasteiger partial charge in [0.2, 0.25) is 0 Å². The van der Waals surface area contributed by atoms with E-state index in [1.54, 1.807) is 0 Å². The highest BCUT2D eigenvalue weighted by molar-refractivity contribution is 5.58. The highest BCUT2D eigenvalue weighted by Crippen LogP contribution is 2.47. The molecular formula is C27H26N+. The van der Waals surface area contributed by atoms with Crippen LogP contribution in [0.3, 0.4) is 0 Å². The number of quaternary nitrogens is 1. The smallest absolute Gasteiger partial charge is 0.180 e. The van der Waals surface area contributed by atoms with Gasteiger partial charge in [-0.1, -0.05) is 109 Å². The molecule has 0 fully saturated rings. The predicted molar refractivity (Wildman–Crippen MR) is 119 cm³/mol. The molecule has 0 aliphatic carbocycles. The van der Waals surface area contributed by atoms with Gasteiger partial charge in [-0.3, -0.25) is 4.48 Å². The lowest BCUT2D eigenvalue weighted by Crippen LogP contribution is -2.60. The van der Waals surface area contributed by atoms with Crippen LogP contribution in [0.15, 0.2) is 121 Å². The van der Waals surface area contributed by atoms with E-state index in [1.807, 2.05) is 0 Å². The Morgan fingerprint density at radius 2 is 0.714 bits per heavy atom. The third kappa shape index (κ3) is 2.85. The molecule has 0 heterocycles. The fraction of sp³-hybridized carbons (Fsp3) is 0.111. The molecule has 0 aromatic heterocycles. The molecule has 1 nitrogen and oxygen atoms in total. The summed E-state index contributed by atoms with van der Waals surface area (Å²) in [6.07, 6.45) is 0. The molecule has 0 atom stereocenters. The van der Waals surface area contributed by atoms with E-state index in [0.717, 1.165) is 0 Å². The van der Waals surface area contributed by atoms with Gasteiger partial charge < -0.3 is 0 Å². The maximum absolute atomic E-state index is 2.31. The Morgan fingerprint density at radius 3 is 1.04 bits per heavy atom. The highest BCUT2D eigenvalue weighted by atomic mass is 15.4. The van der Waals surface area contributed by atoms with Gasteiger partial charge in [-0.05, 0) is 12.1 Å². The molecule has 4 rings (SSSR count). The minimum atomic E-state index is -0.384. The summed E-state index contributed by atoms with van der Waals surface area (Å²) in [5.74, 6) is 0. The first kappa shape index (κ1) is 18.2. The van der Waals surface area contributed by atoms with E-state index in [-0.39, 0.29) is 5.54 Å². The largest absolute Gasteiger partial charge is 0.280 e. The number of benzene rings is 4. The third-order valence-electron chi connectivity index (χ3n) is 5.81. The van der Waals surface area contributed by atoms with Gasteiger partial charge in [-0.15, -0.1) is 0 Å². The SMILES string of the molecule is C[N+](C)(c1ccccc1)C(c1ccccc1)(c1ccccc1)c1ccccc1. The van der Waals surface area contributed by atoms with E-state index in [4.69, 9.17) is 0 Å². The Balaban J connectivity index is 2.14. The third-order valence-corrected chi connectivity index (χ3v) is 5.81. The molecule has 0 aliphatic rings. The van der Waals surface area contributed by atoms with Gasteiger partial charge in [0.25, 0.3) is 0 Å². The second-order valence-electron chi connectivity index (χ2n) is 7.60. The van der Waals surface area contributed by atoms with Crippen molar-refractivity contribution < 1.29 is 0 Å². The molecule has 0 bridgehead atoms. The summed E-state index contributed by atoms with van der Waals surface area (Å²) in [6.45, 7) is 0. The molecule has 0 amide bonds. The van der Waals surface area contributed by atoms with Crippen molar-refractivity contribution >= 4 is 5.69 Å². The van der Waals surface area contributed by atoms with Crippen molar-refractivity contribution in [2.24, 2.45) is 0 Å². The van der Waals surface area contributed by atoms with Crippen LogP contribution in [0.25, 0.3) is 0 Å². The summed E-state index contributed by atoms with van der Waals surface area (Å²) in [5, 5.41) is 0. The molecule has 0 unspecified atom stereocenters. The van der Waals surface area contributed by atoms with E-state index >= 15 is 0 Å². The Kier molecular flexibility index (Phi) is 4.85. The fourth-order valence-electron chi connectivity index (χ4n) is 4.50. The van der Waals surface area contributed by atoms with E-state index in [2.05, 4.69) is 135 Å². The zero-order valence-electron chi connectivity index (χ0n) is 16.5.